The van der Waals surface area contributed by atoms with Crippen LogP contribution in [0.4, 0.5) is 0 Å². The Morgan fingerprint density at radius 1 is 1.00 bits per heavy atom. The second-order valence-electron chi connectivity index (χ2n) is 0.236. The summed E-state index contributed by atoms with van der Waals surface area (Å²) in [6.45, 7) is 0.250. The van der Waals surface area contributed by atoms with Crippen molar-refractivity contribution in [1.29, 1.82) is 0 Å². The molecule has 0 saturated carbocycles. The van der Waals surface area contributed by atoms with Crippen LogP contribution in [0.2, 0.25) is 0 Å². The molecule has 0 aliphatic carbocycles. The Morgan fingerprint density at radius 3 is 1.00 bits per heavy atom. The Labute approximate surface area is 76.2 Å². The molecule has 0 spiro atoms. The average Bonchev–Trinajstić information content (AvgIpc) is 0.918. The molecule has 0 rings (SSSR count). The van der Waals surface area contributed by atoms with Gasteiger partial charge in [-0.3, -0.25) is 0 Å². The minimum atomic E-state index is 0. The normalized spacial score (nSPS) is 3.60. The fourth-order valence-electron chi connectivity index (χ4n) is 0. The molecule has 0 heterocycles. The molecule has 0 radical (unpaired) electrons. The first kappa shape index (κ1) is 15.8. The molecule has 0 saturated heterocycles. The Hall–Kier alpha value is 1.92. The summed E-state index contributed by atoms with van der Waals surface area (Å²) in [7, 11) is 0. The van der Waals surface area contributed by atoms with Gasteiger partial charge >= 0.3 is 59.1 Å². The van der Waals surface area contributed by atoms with Crippen molar-refractivity contribution in [2.45, 2.75) is 0 Å². The van der Waals surface area contributed by atoms with Crippen LogP contribution in [-0.4, -0.2) is 6.67 Å². The molecule has 0 aromatic rings. The zero-order chi connectivity index (χ0) is 2.71. The van der Waals surface area contributed by atoms with E-state index in [9.17, 15) is 0 Å². The van der Waals surface area contributed by atoms with E-state index in [4.69, 9.17) is 0 Å². The SMILES string of the molecule is NCN.[Na+].[Na+]. The van der Waals surface area contributed by atoms with E-state index < -0.39 is 0 Å². The van der Waals surface area contributed by atoms with E-state index in [0.717, 1.165) is 0 Å². The van der Waals surface area contributed by atoms with Crippen LogP contribution in [0.3, 0.4) is 0 Å². The van der Waals surface area contributed by atoms with Crippen molar-refractivity contribution in [2.24, 2.45) is 11.5 Å². The third kappa shape index (κ3) is 24.7. The van der Waals surface area contributed by atoms with Crippen LogP contribution >= 0.6 is 0 Å². The zero-order valence-corrected chi connectivity index (χ0v) is 7.86. The van der Waals surface area contributed by atoms with Crippen LogP contribution in [0.5, 0.6) is 0 Å². The molecule has 0 aromatic heterocycles. The Morgan fingerprint density at radius 2 is 1.00 bits per heavy atom. The average molecular weight is 92.1 g/mol. The molecule has 20 valence electrons. The van der Waals surface area contributed by atoms with E-state index in [0.29, 0.717) is 0 Å². The second kappa shape index (κ2) is 16.8. The molecular formula is CH6N2Na2+2. The molecular weight excluding hydrogens is 86.0 g/mol. The summed E-state index contributed by atoms with van der Waals surface area (Å²) < 4.78 is 0. The maximum Gasteiger partial charge on any atom is 1.00 e. The third-order valence-corrected chi connectivity index (χ3v) is 0. The summed E-state index contributed by atoms with van der Waals surface area (Å²) in [5, 5.41) is 0. The van der Waals surface area contributed by atoms with Gasteiger partial charge in [0.15, 0.2) is 0 Å². The van der Waals surface area contributed by atoms with Crippen molar-refractivity contribution in [3.63, 3.8) is 0 Å². The predicted octanol–water partition coefficient (Wildman–Crippen LogP) is -7.13. The third-order valence-electron chi connectivity index (χ3n) is 0. The van der Waals surface area contributed by atoms with Crippen LogP contribution in [0.1, 0.15) is 0 Å². The second-order valence-corrected chi connectivity index (χ2v) is 0.236. The fraction of sp³-hybridized carbons (Fsp3) is 1.00. The molecule has 4 N–H and O–H groups in total. The largest absolute Gasteiger partial charge is 1.00 e. The maximum absolute atomic E-state index is 4.62. The number of rotatable bonds is 0. The molecule has 0 aliphatic rings. The summed E-state index contributed by atoms with van der Waals surface area (Å²) >= 11 is 0. The summed E-state index contributed by atoms with van der Waals surface area (Å²) in [5.74, 6) is 0. The van der Waals surface area contributed by atoms with E-state index in [1.165, 1.54) is 0 Å². The molecule has 0 unspecified atom stereocenters. The van der Waals surface area contributed by atoms with Crippen LogP contribution in [0.15, 0.2) is 0 Å². The molecule has 0 amide bonds. The number of hydrogen-bond donors (Lipinski definition) is 2. The van der Waals surface area contributed by atoms with Crippen molar-refractivity contribution in [3.8, 4) is 0 Å². The number of nitrogens with two attached hydrogens (primary N) is 2. The maximum atomic E-state index is 4.62. The van der Waals surface area contributed by atoms with E-state index in [1.54, 1.807) is 0 Å². The van der Waals surface area contributed by atoms with Gasteiger partial charge in [0.1, 0.15) is 0 Å². The van der Waals surface area contributed by atoms with Crippen molar-refractivity contribution in [1.82, 2.24) is 0 Å². The zero-order valence-electron chi connectivity index (χ0n) is 3.86. The van der Waals surface area contributed by atoms with Crippen molar-refractivity contribution in [3.05, 3.63) is 0 Å². The minimum absolute atomic E-state index is 0. The van der Waals surface area contributed by atoms with Gasteiger partial charge in [-0.05, 0) is 0 Å². The summed E-state index contributed by atoms with van der Waals surface area (Å²) in [4.78, 5) is 0. The Kier molecular flexibility index (Phi) is 53.1. The summed E-state index contributed by atoms with van der Waals surface area (Å²) in [5.41, 5.74) is 9.25. The Bertz CT molecular complexity index is 7.61. The van der Waals surface area contributed by atoms with Crippen LogP contribution in [0, 0.1) is 0 Å². The molecule has 2 nitrogen and oxygen atoms in total. The van der Waals surface area contributed by atoms with Gasteiger partial charge in [-0.15, -0.1) is 0 Å². The minimum Gasteiger partial charge on any atom is -0.319 e. The quantitative estimate of drug-likeness (QED) is 0.230. The topological polar surface area (TPSA) is 52.0 Å². The van der Waals surface area contributed by atoms with Crippen molar-refractivity contribution < 1.29 is 59.1 Å². The molecule has 0 aromatic carbocycles. The van der Waals surface area contributed by atoms with Crippen LogP contribution < -0.4 is 70.6 Å². The van der Waals surface area contributed by atoms with Gasteiger partial charge in [-0.2, -0.15) is 0 Å². The van der Waals surface area contributed by atoms with Crippen molar-refractivity contribution >= 4 is 0 Å². The van der Waals surface area contributed by atoms with Gasteiger partial charge in [0, 0.05) is 6.67 Å². The molecule has 5 heavy (non-hydrogen) atoms. The first-order chi connectivity index (χ1) is 1.41. The first-order valence-electron chi connectivity index (χ1n) is 0.816. The molecule has 4 heteroatoms. The van der Waals surface area contributed by atoms with Gasteiger partial charge in [0.05, 0.1) is 0 Å². The van der Waals surface area contributed by atoms with Gasteiger partial charge in [-0.25, -0.2) is 0 Å². The summed E-state index contributed by atoms with van der Waals surface area (Å²) in [6.07, 6.45) is 0. The van der Waals surface area contributed by atoms with Crippen LogP contribution in [0.25, 0.3) is 0 Å². The van der Waals surface area contributed by atoms with Crippen LogP contribution in [-0.2, 0) is 0 Å². The van der Waals surface area contributed by atoms with Gasteiger partial charge in [0.25, 0.3) is 0 Å². The van der Waals surface area contributed by atoms with E-state index in [-0.39, 0.29) is 65.8 Å². The standard InChI is InChI=1S/CH6N2.2Na/c2-1-3;;/h1-3H2;;/q;2*+1. The van der Waals surface area contributed by atoms with E-state index in [2.05, 4.69) is 11.5 Å². The molecule has 0 aliphatic heterocycles. The predicted molar refractivity (Wildman–Crippen MR) is 13.2 cm³/mol. The van der Waals surface area contributed by atoms with Crippen molar-refractivity contribution in [2.75, 3.05) is 6.67 Å². The van der Waals surface area contributed by atoms with Gasteiger partial charge in [-0.1, -0.05) is 0 Å². The van der Waals surface area contributed by atoms with E-state index >= 15 is 0 Å². The monoisotopic (exact) mass is 92.0 g/mol. The smallest absolute Gasteiger partial charge is 0.319 e. The van der Waals surface area contributed by atoms with Gasteiger partial charge < -0.3 is 11.5 Å². The number of hydrogen-bond acceptors (Lipinski definition) is 2. The molecule has 0 atom stereocenters. The fourth-order valence-corrected chi connectivity index (χ4v) is 0. The van der Waals surface area contributed by atoms with Gasteiger partial charge in [0.2, 0.25) is 0 Å². The van der Waals surface area contributed by atoms with E-state index in [1.807, 2.05) is 0 Å². The molecule has 0 fully saturated rings. The molecule has 0 bridgehead atoms. The Balaban J connectivity index is -0.0000000200. The first-order valence-corrected chi connectivity index (χ1v) is 0.816. The summed E-state index contributed by atoms with van der Waals surface area (Å²) in [6, 6.07) is 0.